The lowest BCUT2D eigenvalue weighted by Gasteiger charge is -2.04. The van der Waals surface area contributed by atoms with Gasteiger partial charge in [-0.05, 0) is 31.0 Å². The number of nitrogens with one attached hydrogen (secondary N) is 1. The summed E-state index contributed by atoms with van der Waals surface area (Å²) in [5, 5.41) is 11.6. The molecule has 7 nitrogen and oxygen atoms in total. The molecule has 0 unspecified atom stereocenters. The molecule has 0 spiro atoms. The average molecular weight is 256 g/mol. The van der Waals surface area contributed by atoms with Gasteiger partial charge in [-0.25, -0.2) is 0 Å². The topological polar surface area (TPSA) is 102 Å². The Morgan fingerprint density at radius 2 is 2.00 bits per heavy atom. The zero-order valence-electron chi connectivity index (χ0n) is 10.5. The van der Waals surface area contributed by atoms with E-state index in [0.717, 1.165) is 16.7 Å². The molecule has 3 N–H and O–H groups in total. The van der Waals surface area contributed by atoms with Crippen LogP contribution in [-0.4, -0.2) is 24.8 Å². The highest BCUT2D eigenvalue weighted by Gasteiger charge is 2.11. The zero-order valence-corrected chi connectivity index (χ0v) is 10.5. The van der Waals surface area contributed by atoms with Crippen LogP contribution < -0.4 is 11.3 Å². The lowest BCUT2D eigenvalue weighted by molar-refractivity contribution is 0.901. The molecule has 0 aliphatic rings. The monoisotopic (exact) mass is 256 g/mol. The van der Waals surface area contributed by atoms with Gasteiger partial charge in [-0.2, -0.15) is 9.61 Å². The fourth-order valence-electron chi connectivity index (χ4n) is 1.85. The Hall–Kier alpha value is -2.70. The van der Waals surface area contributed by atoms with Gasteiger partial charge in [0, 0.05) is 5.56 Å². The third kappa shape index (κ3) is 1.75. The van der Waals surface area contributed by atoms with Crippen LogP contribution in [0.2, 0.25) is 0 Å². The third-order valence-corrected chi connectivity index (χ3v) is 3.09. The van der Waals surface area contributed by atoms with Crippen molar-refractivity contribution in [1.82, 2.24) is 24.8 Å². The van der Waals surface area contributed by atoms with Gasteiger partial charge in [0.1, 0.15) is 0 Å². The maximum Gasteiger partial charge on any atom is 0.279 e. The van der Waals surface area contributed by atoms with Crippen molar-refractivity contribution in [2.75, 3.05) is 5.73 Å². The average Bonchev–Trinajstić information content (AvgIpc) is 2.73. The fourth-order valence-corrected chi connectivity index (χ4v) is 1.85. The van der Waals surface area contributed by atoms with Gasteiger partial charge in [0.15, 0.2) is 5.69 Å². The number of aromatic amines is 1. The van der Waals surface area contributed by atoms with E-state index in [1.165, 1.54) is 4.52 Å². The molecule has 2 aromatic heterocycles. The molecule has 19 heavy (non-hydrogen) atoms. The van der Waals surface area contributed by atoms with E-state index in [1.807, 2.05) is 32.0 Å². The number of H-pyrrole nitrogens is 1. The molecular weight excluding hydrogens is 244 g/mol. The molecule has 1 aromatic carbocycles. The van der Waals surface area contributed by atoms with Gasteiger partial charge in [-0.3, -0.25) is 9.78 Å². The maximum absolute atomic E-state index is 12.0. The summed E-state index contributed by atoms with van der Waals surface area (Å²) in [7, 11) is 0. The minimum atomic E-state index is -0.317. The van der Waals surface area contributed by atoms with E-state index in [4.69, 9.17) is 5.73 Å². The maximum atomic E-state index is 12.0. The van der Waals surface area contributed by atoms with Crippen LogP contribution in [0.1, 0.15) is 11.1 Å². The van der Waals surface area contributed by atoms with Crippen molar-refractivity contribution in [2.45, 2.75) is 13.8 Å². The minimum Gasteiger partial charge on any atom is -0.366 e. The second-order valence-electron chi connectivity index (χ2n) is 4.40. The summed E-state index contributed by atoms with van der Waals surface area (Å²) < 4.78 is 1.31. The lowest BCUT2D eigenvalue weighted by Crippen LogP contribution is -2.16. The van der Waals surface area contributed by atoms with Crippen molar-refractivity contribution in [3.05, 3.63) is 39.7 Å². The lowest BCUT2D eigenvalue weighted by atomic mass is 10.0. The molecule has 0 amide bonds. The van der Waals surface area contributed by atoms with Gasteiger partial charge >= 0.3 is 0 Å². The second kappa shape index (κ2) is 3.91. The normalized spacial score (nSPS) is 11.1. The first-order chi connectivity index (χ1) is 9.06. The summed E-state index contributed by atoms with van der Waals surface area (Å²) in [6, 6.07) is 5.72. The Morgan fingerprint density at radius 1 is 1.21 bits per heavy atom. The van der Waals surface area contributed by atoms with Crippen molar-refractivity contribution in [3.63, 3.8) is 0 Å². The number of aromatic nitrogens is 5. The van der Waals surface area contributed by atoms with E-state index in [2.05, 4.69) is 20.3 Å². The summed E-state index contributed by atoms with van der Waals surface area (Å²) in [6.07, 6.45) is 0. The van der Waals surface area contributed by atoms with Crippen LogP contribution in [0.5, 0.6) is 0 Å². The second-order valence-corrected chi connectivity index (χ2v) is 4.40. The van der Waals surface area contributed by atoms with E-state index < -0.39 is 0 Å². The Labute approximate surface area is 108 Å². The van der Waals surface area contributed by atoms with Crippen LogP contribution in [0, 0.1) is 13.8 Å². The fraction of sp³-hybridized carbons (Fsp3) is 0.167. The van der Waals surface area contributed by atoms with E-state index in [-0.39, 0.29) is 17.3 Å². The molecule has 3 aromatic rings. The van der Waals surface area contributed by atoms with Gasteiger partial charge in [0.05, 0.1) is 0 Å². The molecular formula is C12H12N6O. The van der Waals surface area contributed by atoms with Crippen molar-refractivity contribution in [3.8, 4) is 11.3 Å². The first-order valence-corrected chi connectivity index (χ1v) is 5.75. The van der Waals surface area contributed by atoms with Crippen LogP contribution in [0.4, 0.5) is 5.95 Å². The Morgan fingerprint density at radius 3 is 2.74 bits per heavy atom. The van der Waals surface area contributed by atoms with Crippen LogP contribution >= 0.6 is 0 Å². The van der Waals surface area contributed by atoms with E-state index in [9.17, 15) is 4.79 Å². The largest absolute Gasteiger partial charge is 0.366 e. The van der Waals surface area contributed by atoms with Crippen molar-refractivity contribution >= 4 is 11.7 Å². The highest BCUT2D eigenvalue weighted by Crippen LogP contribution is 2.17. The highest BCUT2D eigenvalue weighted by atomic mass is 16.1. The Bertz CT molecular complexity index is 832. The number of hydrogen-bond donors (Lipinski definition) is 2. The summed E-state index contributed by atoms with van der Waals surface area (Å²) in [4.78, 5) is 14.6. The SMILES string of the molecule is Cc1ccc(-c2nn3c(N)nnc3[nH]c2=O)cc1C. The number of benzene rings is 1. The Balaban J connectivity index is 2.29. The minimum absolute atomic E-state index is 0.135. The molecule has 0 bridgehead atoms. The van der Waals surface area contributed by atoms with Crippen LogP contribution in [0.3, 0.4) is 0 Å². The third-order valence-electron chi connectivity index (χ3n) is 3.09. The van der Waals surface area contributed by atoms with Crippen LogP contribution in [0.25, 0.3) is 17.0 Å². The molecule has 0 aliphatic heterocycles. The predicted octanol–water partition coefficient (Wildman–Crippen LogP) is 0.679. The summed E-state index contributed by atoms with van der Waals surface area (Å²) in [5.74, 6) is 0.367. The number of hydrogen-bond acceptors (Lipinski definition) is 5. The van der Waals surface area contributed by atoms with Crippen LogP contribution in [0.15, 0.2) is 23.0 Å². The Kier molecular flexibility index (Phi) is 2.34. The van der Waals surface area contributed by atoms with Gasteiger partial charge in [0.25, 0.3) is 11.3 Å². The first kappa shape index (κ1) is 11.4. The van der Waals surface area contributed by atoms with Gasteiger partial charge in [0.2, 0.25) is 5.95 Å². The zero-order chi connectivity index (χ0) is 13.6. The molecule has 96 valence electrons. The summed E-state index contributed by atoms with van der Waals surface area (Å²) in [5.41, 5.74) is 8.60. The molecule has 0 fully saturated rings. The molecule has 0 aliphatic carbocycles. The first-order valence-electron chi connectivity index (χ1n) is 5.75. The number of nitrogens with two attached hydrogens (primary N) is 1. The number of nitrogen functional groups attached to an aromatic ring is 1. The van der Waals surface area contributed by atoms with Gasteiger partial charge in [-0.1, -0.05) is 12.1 Å². The predicted molar refractivity (Wildman–Crippen MR) is 70.7 cm³/mol. The molecule has 2 heterocycles. The van der Waals surface area contributed by atoms with Crippen molar-refractivity contribution in [1.29, 1.82) is 0 Å². The highest BCUT2D eigenvalue weighted by molar-refractivity contribution is 5.60. The molecule has 7 heteroatoms. The van der Waals surface area contributed by atoms with E-state index in [0.29, 0.717) is 5.69 Å². The van der Waals surface area contributed by atoms with Gasteiger partial charge in [-0.15, -0.1) is 10.2 Å². The molecule has 0 saturated carbocycles. The molecule has 0 atom stereocenters. The number of rotatable bonds is 1. The van der Waals surface area contributed by atoms with E-state index >= 15 is 0 Å². The number of anilines is 1. The number of aryl methyl sites for hydroxylation is 2. The van der Waals surface area contributed by atoms with Crippen LogP contribution in [-0.2, 0) is 0 Å². The molecule has 3 rings (SSSR count). The van der Waals surface area contributed by atoms with Crippen molar-refractivity contribution < 1.29 is 0 Å². The number of nitrogens with zero attached hydrogens (tertiary/aromatic N) is 4. The standard InChI is InChI=1S/C12H12N6O/c1-6-3-4-8(5-7(6)2)9-10(19)14-12-16-15-11(13)18(12)17-9/h3-5H,1-2H3,(H2,13,15)(H,14,16,19). The summed E-state index contributed by atoms with van der Waals surface area (Å²) >= 11 is 0. The number of fused-ring (bicyclic) bond motifs is 1. The summed E-state index contributed by atoms with van der Waals surface area (Å²) in [6.45, 7) is 4.00. The molecule has 0 saturated heterocycles. The van der Waals surface area contributed by atoms with Gasteiger partial charge < -0.3 is 5.73 Å². The van der Waals surface area contributed by atoms with Crippen molar-refractivity contribution in [2.24, 2.45) is 0 Å². The quantitative estimate of drug-likeness (QED) is 0.666. The van der Waals surface area contributed by atoms with E-state index in [1.54, 1.807) is 0 Å². The smallest absolute Gasteiger partial charge is 0.279 e. The molecule has 0 radical (unpaired) electrons.